The van der Waals surface area contributed by atoms with Gasteiger partial charge in [0.15, 0.2) is 0 Å². The van der Waals surface area contributed by atoms with Crippen LogP contribution in [0.15, 0.2) is 18.2 Å². The van der Waals surface area contributed by atoms with E-state index in [2.05, 4.69) is 44.0 Å². The van der Waals surface area contributed by atoms with E-state index in [4.69, 9.17) is 10.5 Å². The quantitative estimate of drug-likeness (QED) is 0.806. The third kappa shape index (κ3) is 4.31. The first-order chi connectivity index (χ1) is 8.58. The minimum atomic E-state index is 0.439. The summed E-state index contributed by atoms with van der Waals surface area (Å²) in [5.74, 6) is 0.991. The van der Waals surface area contributed by atoms with E-state index in [1.807, 2.05) is 6.92 Å². The Morgan fingerprint density at radius 1 is 1.39 bits per heavy atom. The highest BCUT2D eigenvalue weighted by molar-refractivity contribution is 5.36. The molecule has 0 spiro atoms. The first-order valence-electron chi connectivity index (χ1n) is 6.71. The number of nitrogens with zero attached hydrogens (tertiary/aromatic N) is 1. The second kappa shape index (κ2) is 7.39. The maximum absolute atomic E-state index is 5.66. The Balaban J connectivity index is 2.55. The average Bonchev–Trinajstić information content (AvgIpc) is 2.38. The summed E-state index contributed by atoms with van der Waals surface area (Å²) < 4.78 is 5.55. The number of benzene rings is 1. The minimum Gasteiger partial charge on any atom is -0.494 e. The molecule has 0 aliphatic rings. The van der Waals surface area contributed by atoms with Gasteiger partial charge in [-0.15, -0.1) is 0 Å². The second-order valence-corrected chi connectivity index (χ2v) is 4.85. The molecule has 0 fully saturated rings. The Kier molecular flexibility index (Phi) is 6.16. The average molecular weight is 250 g/mol. The molecule has 0 bridgehead atoms. The molecule has 0 saturated carbocycles. The fourth-order valence-corrected chi connectivity index (χ4v) is 1.89. The molecule has 0 aliphatic carbocycles. The highest BCUT2D eigenvalue weighted by Crippen LogP contribution is 2.19. The molecular formula is C15H26N2O. The number of hydrogen-bond acceptors (Lipinski definition) is 3. The van der Waals surface area contributed by atoms with Gasteiger partial charge in [-0.2, -0.15) is 0 Å². The Bertz CT molecular complexity index is 366. The van der Waals surface area contributed by atoms with Crippen molar-refractivity contribution in [3.63, 3.8) is 0 Å². The Morgan fingerprint density at radius 3 is 2.67 bits per heavy atom. The van der Waals surface area contributed by atoms with Crippen molar-refractivity contribution < 1.29 is 4.74 Å². The standard InChI is InChI=1S/C15H26N2O/c1-5-18-15-7-6-14(10-12(15)2)8-9-17(4)13(3)11-16/h6-7,10,13H,5,8-9,11,16H2,1-4H3. The fourth-order valence-electron chi connectivity index (χ4n) is 1.89. The lowest BCUT2D eigenvalue weighted by Gasteiger charge is -2.23. The van der Waals surface area contributed by atoms with E-state index in [1.54, 1.807) is 0 Å². The van der Waals surface area contributed by atoms with Crippen LogP contribution < -0.4 is 10.5 Å². The van der Waals surface area contributed by atoms with Gasteiger partial charge < -0.3 is 15.4 Å². The molecule has 1 atom stereocenters. The van der Waals surface area contributed by atoms with Gasteiger partial charge in [0, 0.05) is 19.1 Å². The minimum absolute atomic E-state index is 0.439. The second-order valence-electron chi connectivity index (χ2n) is 4.85. The Labute approximate surface area is 111 Å². The summed E-state index contributed by atoms with van der Waals surface area (Å²) in [6, 6.07) is 6.87. The summed E-state index contributed by atoms with van der Waals surface area (Å²) in [5.41, 5.74) is 8.23. The van der Waals surface area contributed by atoms with E-state index >= 15 is 0 Å². The maximum Gasteiger partial charge on any atom is 0.122 e. The van der Waals surface area contributed by atoms with Gasteiger partial charge in [0.2, 0.25) is 0 Å². The van der Waals surface area contributed by atoms with Gasteiger partial charge in [-0.25, -0.2) is 0 Å². The zero-order valence-corrected chi connectivity index (χ0v) is 12.1. The van der Waals surface area contributed by atoms with E-state index in [1.165, 1.54) is 11.1 Å². The van der Waals surface area contributed by atoms with Crippen molar-refractivity contribution in [3.8, 4) is 5.75 Å². The molecule has 0 amide bonds. The van der Waals surface area contributed by atoms with Gasteiger partial charge >= 0.3 is 0 Å². The predicted octanol–water partition coefficient (Wildman–Crippen LogP) is 2.22. The number of ether oxygens (including phenoxy) is 1. The van der Waals surface area contributed by atoms with Crippen LogP contribution >= 0.6 is 0 Å². The molecule has 102 valence electrons. The number of hydrogen-bond donors (Lipinski definition) is 1. The van der Waals surface area contributed by atoms with Crippen LogP contribution in [-0.2, 0) is 6.42 Å². The summed E-state index contributed by atoms with van der Waals surface area (Å²) in [5, 5.41) is 0. The van der Waals surface area contributed by atoms with Gasteiger partial charge in [-0.05, 0) is 51.4 Å². The smallest absolute Gasteiger partial charge is 0.122 e. The van der Waals surface area contributed by atoms with Gasteiger partial charge in [0.1, 0.15) is 5.75 Å². The first kappa shape index (κ1) is 15.0. The Hall–Kier alpha value is -1.06. The van der Waals surface area contributed by atoms with Gasteiger partial charge in [0.05, 0.1) is 6.61 Å². The molecule has 2 N–H and O–H groups in total. The summed E-state index contributed by atoms with van der Waals surface area (Å²) in [4.78, 5) is 2.30. The van der Waals surface area contributed by atoms with Crippen molar-refractivity contribution in [1.29, 1.82) is 0 Å². The maximum atomic E-state index is 5.66. The van der Waals surface area contributed by atoms with E-state index in [9.17, 15) is 0 Å². The lowest BCUT2D eigenvalue weighted by molar-refractivity contribution is 0.266. The molecule has 0 aromatic heterocycles. The molecule has 1 aromatic carbocycles. The SMILES string of the molecule is CCOc1ccc(CCN(C)C(C)CN)cc1C. The molecular weight excluding hydrogens is 224 g/mol. The van der Waals surface area contributed by atoms with Crippen LogP contribution in [0.5, 0.6) is 5.75 Å². The van der Waals surface area contributed by atoms with Crippen LogP contribution in [0.4, 0.5) is 0 Å². The molecule has 0 radical (unpaired) electrons. The highest BCUT2D eigenvalue weighted by Gasteiger charge is 2.07. The monoisotopic (exact) mass is 250 g/mol. The zero-order chi connectivity index (χ0) is 13.5. The first-order valence-corrected chi connectivity index (χ1v) is 6.71. The third-order valence-electron chi connectivity index (χ3n) is 3.39. The fraction of sp³-hybridized carbons (Fsp3) is 0.600. The Morgan fingerprint density at radius 2 is 2.11 bits per heavy atom. The number of rotatable bonds is 7. The molecule has 0 aliphatic heterocycles. The molecule has 1 aromatic rings. The summed E-state index contributed by atoms with van der Waals surface area (Å²) in [6.07, 6.45) is 1.05. The van der Waals surface area contributed by atoms with Crippen LogP contribution in [-0.4, -0.2) is 37.7 Å². The lowest BCUT2D eigenvalue weighted by Crippen LogP contribution is -2.36. The van der Waals surface area contributed by atoms with E-state index < -0.39 is 0 Å². The molecule has 0 heterocycles. The number of nitrogens with two attached hydrogens (primary N) is 1. The third-order valence-corrected chi connectivity index (χ3v) is 3.39. The van der Waals surface area contributed by atoms with Gasteiger partial charge in [-0.3, -0.25) is 0 Å². The van der Waals surface area contributed by atoms with E-state index in [-0.39, 0.29) is 0 Å². The van der Waals surface area contributed by atoms with Crippen molar-refractivity contribution in [3.05, 3.63) is 29.3 Å². The predicted molar refractivity (Wildman–Crippen MR) is 77.2 cm³/mol. The van der Waals surface area contributed by atoms with Crippen molar-refractivity contribution in [2.24, 2.45) is 5.73 Å². The zero-order valence-electron chi connectivity index (χ0n) is 12.1. The molecule has 1 unspecified atom stereocenters. The van der Waals surface area contributed by atoms with Gasteiger partial charge in [-0.1, -0.05) is 12.1 Å². The van der Waals surface area contributed by atoms with Crippen LogP contribution in [0.1, 0.15) is 25.0 Å². The van der Waals surface area contributed by atoms with Crippen molar-refractivity contribution in [1.82, 2.24) is 4.90 Å². The topological polar surface area (TPSA) is 38.5 Å². The molecule has 1 rings (SSSR count). The van der Waals surface area contributed by atoms with Gasteiger partial charge in [0.25, 0.3) is 0 Å². The van der Waals surface area contributed by atoms with E-state index in [0.717, 1.165) is 25.3 Å². The van der Waals surface area contributed by atoms with Crippen molar-refractivity contribution in [2.75, 3.05) is 26.7 Å². The van der Waals surface area contributed by atoms with Crippen LogP contribution in [0.25, 0.3) is 0 Å². The number of aryl methyl sites for hydroxylation is 1. The van der Waals surface area contributed by atoms with Crippen LogP contribution in [0, 0.1) is 6.92 Å². The van der Waals surface area contributed by atoms with Crippen molar-refractivity contribution in [2.45, 2.75) is 33.2 Å². The molecule has 18 heavy (non-hydrogen) atoms. The molecule has 0 saturated heterocycles. The summed E-state index contributed by atoms with van der Waals surface area (Å²) in [6.45, 7) is 8.72. The lowest BCUT2D eigenvalue weighted by atomic mass is 10.1. The summed E-state index contributed by atoms with van der Waals surface area (Å²) in [7, 11) is 2.12. The molecule has 3 nitrogen and oxygen atoms in total. The van der Waals surface area contributed by atoms with E-state index in [0.29, 0.717) is 12.6 Å². The highest BCUT2D eigenvalue weighted by atomic mass is 16.5. The number of likely N-dealkylation sites (N-methyl/N-ethyl adjacent to an activating group) is 1. The van der Waals surface area contributed by atoms with Crippen LogP contribution in [0.3, 0.4) is 0 Å². The largest absolute Gasteiger partial charge is 0.494 e. The van der Waals surface area contributed by atoms with Crippen LogP contribution in [0.2, 0.25) is 0 Å². The summed E-state index contributed by atoms with van der Waals surface area (Å²) >= 11 is 0. The normalized spacial score (nSPS) is 12.8. The molecule has 3 heteroatoms. The van der Waals surface area contributed by atoms with Crippen molar-refractivity contribution >= 4 is 0 Å².